The lowest BCUT2D eigenvalue weighted by Crippen LogP contribution is -1.94. The Morgan fingerprint density at radius 1 is 1.50 bits per heavy atom. The molecule has 0 heterocycles. The Balaban J connectivity index is 2.90. The van der Waals surface area contributed by atoms with E-state index in [9.17, 15) is 4.79 Å². The Hall–Kier alpha value is -1.77. The Labute approximate surface area is 85.4 Å². The van der Waals surface area contributed by atoms with Gasteiger partial charge in [-0.25, -0.2) is 0 Å². The molecule has 0 aliphatic carbocycles. The molecule has 0 amide bonds. The summed E-state index contributed by atoms with van der Waals surface area (Å²) in [6.45, 7) is 0. The van der Waals surface area contributed by atoms with Gasteiger partial charge < -0.3 is 0 Å². The zero-order valence-electron chi connectivity index (χ0n) is 7.09. The number of nitrogens with zero attached hydrogens (tertiary/aromatic N) is 3. The minimum atomic E-state index is -0.289. The van der Waals surface area contributed by atoms with Crippen molar-refractivity contribution in [3.05, 3.63) is 57.6 Å². The maximum atomic E-state index is 11.4. The largest absolute Gasteiger partial charge is 0.289 e. The normalized spacial score (nSPS) is 9.79. The molecule has 70 valence electrons. The fourth-order valence-electron chi connectivity index (χ4n) is 0.882. The summed E-state index contributed by atoms with van der Waals surface area (Å²) in [6.07, 6.45) is 2.26. The highest BCUT2D eigenvalue weighted by atomic mass is 35.5. The molecule has 4 nitrogen and oxygen atoms in total. The van der Waals surface area contributed by atoms with Gasteiger partial charge in [-0.2, -0.15) is 0 Å². The van der Waals surface area contributed by atoms with Crippen LogP contribution < -0.4 is 0 Å². The molecule has 0 bridgehead atoms. The van der Waals surface area contributed by atoms with Crippen LogP contribution in [0.1, 0.15) is 10.4 Å². The molecule has 0 radical (unpaired) electrons. The molecule has 0 unspecified atom stereocenters. The van der Waals surface area contributed by atoms with Crippen molar-refractivity contribution >= 4 is 17.4 Å². The molecule has 14 heavy (non-hydrogen) atoms. The molecule has 0 atom stereocenters. The molecule has 1 aromatic rings. The van der Waals surface area contributed by atoms with E-state index in [1.165, 1.54) is 6.08 Å². The lowest BCUT2D eigenvalue weighted by Gasteiger charge is -1.97. The van der Waals surface area contributed by atoms with E-state index in [-0.39, 0.29) is 5.78 Å². The molecule has 0 spiro atoms. The summed E-state index contributed by atoms with van der Waals surface area (Å²) in [5.74, 6) is -0.289. The van der Waals surface area contributed by atoms with E-state index in [0.717, 1.165) is 6.20 Å². The molecule has 0 fully saturated rings. The minimum Gasteiger partial charge on any atom is -0.289 e. The first-order valence-electron chi connectivity index (χ1n) is 3.75. The molecular weight excluding hydrogens is 202 g/mol. The van der Waals surface area contributed by atoms with E-state index < -0.39 is 0 Å². The van der Waals surface area contributed by atoms with Crippen LogP contribution in [0.3, 0.4) is 0 Å². The van der Waals surface area contributed by atoms with Crippen LogP contribution in [-0.2, 0) is 0 Å². The van der Waals surface area contributed by atoms with E-state index in [0.29, 0.717) is 10.6 Å². The first-order valence-corrected chi connectivity index (χ1v) is 4.13. The summed E-state index contributed by atoms with van der Waals surface area (Å²) in [6, 6.07) is 6.66. The summed E-state index contributed by atoms with van der Waals surface area (Å²) < 4.78 is 0. The summed E-state index contributed by atoms with van der Waals surface area (Å²) in [5, 5.41) is 3.48. The smallest absolute Gasteiger partial charge is 0.187 e. The zero-order valence-corrected chi connectivity index (χ0v) is 7.85. The van der Waals surface area contributed by atoms with Gasteiger partial charge in [0.1, 0.15) is 0 Å². The average molecular weight is 208 g/mol. The number of benzene rings is 1. The minimum absolute atomic E-state index is 0.289. The van der Waals surface area contributed by atoms with Gasteiger partial charge in [0.25, 0.3) is 0 Å². The number of hydrogen-bond acceptors (Lipinski definition) is 2. The van der Waals surface area contributed by atoms with Gasteiger partial charge in [-0.05, 0) is 23.7 Å². The predicted molar refractivity (Wildman–Crippen MR) is 54.1 cm³/mol. The van der Waals surface area contributed by atoms with Crippen molar-refractivity contribution in [3.63, 3.8) is 0 Å². The third-order valence-electron chi connectivity index (χ3n) is 1.48. The molecule has 0 N–H and O–H groups in total. The fraction of sp³-hybridized carbons (Fsp3) is 0. The van der Waals surface area contributed by atoms with E-state index >= 15 is 0 Å². The predicted octanol–water partition coefficient (Wildman–Crippen LogP) is 3.35. The SMILES string of the molecule is [N-]=[N+]=N/C=C/C(=O)c1ccccc1Cl. The maximum absolute atomic E-state index is 11.4. The highest BCUT2D eigenvalue weighted by molar-refractivity contribution is 6.34. The van der Waals surface area contributed by atoms with Gasteiger partial charge >= 0.3 is 0 Å². The van der Waals surface area contributed by atoms with Crippen LogP contribution in [0.15, 0.2) is 41.7 Å². The van der Waals surface area contributed by atoms with Gasteiger partial charge in [-0.3, -0.25) is 4.79 Å². The van der Waals surface area contributed by atoms with Crippen LogP contribution >= 0.6 is 11.6 Å². The molecule has 0 saturated carbocycles. The molecule has 0 aliphatic heterocycles. The third-order valence-corrected chi connectivity index (χ3v) is 1.81. The standard InChI is InChI=1S/C9H6ClN3O/c10-8-4-2-1-3-7(8)9(14)5-6-12-13-11/h1-6H/b6-5+. The lowest BCUT2D eigenvalue weighted by atomic mass is 10.1. The van der Waals surface area contributed by atoms with E-state index in [4.69, 9.17) is 17.1 Å². The second-order valence-electron chi connectivity index (χ2n) is 2.36. The van der Waals surface area contributed by atoms with Crippen molar-refractivity contribution in [1.82, 2.24) is 0 Å². The topological polar surface area (TPSA) is 65.8 Å². The molecular formula is C9H6ClN3O. The van der Waals surface area contributed by atoms with E-state index in [1.807, 2.05) is 0 Å². The lowest BCUT2D eigenvalue weighted by molar-refractivity contribution is 0.104. The highest BCUT2D eigenvalue weighted by Gasteiger charge is 2.04. The number of allylic oxidation sites excluding steroid dienone is 1. The van der Waals surface area contributed by atoms with Gasteiger partial charge in [0.15, 0.2) is 5.78 Å². The number of ketones is 1. The van der Waals surface area contributed by atoms with Gasteiger partial charge in [0.05, 0.1) is 5.02 Å². The Morgan fingerprint density at radius 2 is 2.21 bits per heavy atom. The second kappa shape index (κ2) is 5.07. The number of carbonyl (C=O) groups is 1. The van der Waals surface area contributed by atoms with Crippen LogP contribution in [0.4, 0.5) is 0 Å². The number of rotatable bonds is 3. The van der Waals surface area contributed by atoms with Crippen LogP contribution in [0.5, 0.6) is 0 Å². The van der Waals surface area contributed by atoms with Crippen molar-refractivity contribution in [2.75, 3.05) is 0 Å². The molecule has 0 saturated heterocycles. The number of halogens is 1. The molecule has 0 aromatic heterocycles. The molecule has 1 rings (SSSR count). The number of hydrogen-bond donors (Lipinski definition) is 0. The van der Waals surface area contributed by atoms with Gasteiger partial charge in [0.2, 0.25) is 0 Å². The molecule has 1 aromatic carbocycles. The quantitative estimate of drug-likeness (QED) is 0.246. The van der Waals surface area contributed by atoms with Gasteiger partial charge in [-0.15, -0.1) is 0 Å². The zero-order chi connectivity index (χ0) is 10.4. The van der Waals surface area contributed by atoms with Crippen LogP contribution in [0.2, 0.25) is 5.02 Å². The maximum Gasteiger partial charge on any atom is 0.187 e. The monoisotopic (exact) mass is 207 g/mol. The first kappa shape index (κ1) is 10.3. The van der Waals surface area contributed by atoms with Crippen molar-refractivity contribution in [2.24, 2.45) is 5.11 Å². The van der Waals surface area contributed by atoms with E-state index in [2.05, 4.69) is 10.0 Å². The van der Waals surface area contributed by atoms with Crippen LogP contribution in [-0.4, -0.2) is 5.78 Å². The van der Waals surface area contributed by atoms with Gasteiger partial charge in [-0.1, -0.05) is 28.8 Å². The Bertz CT molecular complexity index is 422. The van der Waals surface area contributed by atoms with Crippen molar-refractivity contribution in [3.8, 4) is 0 Å². The number of azide groups is 1. The van der Waals surface area contributed by atoms with Crippen molar-refractivity contribution in [1.29, 1.82) is 0 Å². The molecule has 0 aliphatic rings. The first-order chi connectivity index (χ1) is 6.75. The van der Waals surface area contributed by atoms with Crippen LogP contribution in [0, 0.1) is 0 Å². The summed E-state index contributed by atoms with van der Waals surface area (Å²) in [7, 11) is 0. The Morgan fingerprint density at radius 3 is 2.86 bits per heavy atom. The number of carbonyl (C=O) groups excluding carboxylic acids is 1. The van der Waals surface area contributed by atoms with Crippen LogP contribution in [0.25, 0.3) is 10.4 Å². The Kier molecular flexibility index (Phi) is 3.73. The highest BCUT2D eigenvalue weighted by Crippen LogP contribution is 2.15. The fourth-order valence-corrected chi connectivity index (χ4v) is 1.11. The molecule has 5 heteroatoms. The summed E-state index contributed by atoms with van der Waals surface area (Å²) in [4.78, 5) is 13.9. The van der Waals surface area contributed by atoms with E-state index in [1.54, 1.807) is 24.3 Å². The van der Waals surface area contributed by atoms with Crippen molar-refractivity contribution in [2.45, 2.75) is 0 Å². The van der Waals surface area contributed by atoms with Crippen molar-refractivity contribution < 1.29 is 4.79 Å². The average Bonchev–Trinajstić information content (AvgIpc) is 2.18. The summed E-state index contributed by atoms with van der Waals surface area (Å²) in [5.41, 5.74) is 8.36. The van der Waals surface area contributed by atoms with Gasteiger partial charge in [0, 0.05) is 16.7 Å². The second-order valence-corrected chi connectivity index (χ2v) is 2.77. The summed E-state index contributed by atoms with van der Waals surface area (Å²) >= 11 is 5.77. The third kappa shape index (κ3) is 2.62.